The van der Waals surface area contributed by atoms with Gasteiger partial charge in [-0.15, -0.1) is 10.2 Å². The van der Waals surface area contributed by atoms with Gasteiger partial charge in [-0.05, 0) is 33.6 Å². The summed E-state index contributed by atoms with van der Waals surface area (Å²) >= 11 is 0. The maximum absolute atomic E-state index is 5.36. The Morgan fingerprint density at radius 2 is 2.06 bits per heavy atom. The maximum atomic E-state index is 5.36. The van der Waals surface area contributed by atoms with Gasteiger partial charge in [-0.2, -0.15) is 0 Å². The molecule has 1 aromatic heterocycles. The van der Waals surface area contributed by atoms with Crippen LogP contribution in [0.3, 0.4) is 0 Å². The van der Waals surface area contributed by atoms with Crippen LogP contribution in [0, 0.1) is 0 Å². The molecule has 96 valence electrons. The van der Waals surface area contributed by atoms with Crippen LogP contribution in [0.2, 0.25) is 0 Å². The van der Waals surface area contributed by atoms with Crippen molar-refractivity contribution in [3.63, 3.8) is 0 Å². The first kappa shape index (κ1) is 12.5. The molecule has 0 spiro atoms. The Morgan fingerprint density at radius 1 is 1.35 bits per heavy atom. The minimum Gasteiger partial charge on any atom is -0.381 e. The van der Waals surface area contributed by atoms with Crippen molar-refractivity contribution < 1.29 is 4.74 Å². The van der Waals surface area contributed by atoms with Gasteiger partial charge in [0.25, 0.3) is 0 Å². The van der Waals surface area contributed by atoms with Gasteiger partial charge in [0.05, 0.1) is 6.04 Å². The van der Waals surface area contributed by atoms with Crippen molar-refractivity contribution in [3.8, 4) is 0 Å². The zero-order valence-corrected chi connectivity index (χ0v) is 10.9. The third-order valence-corrected chi connectivity index (χ3v) is 3.25. The number of rotatable bonds is 4. The molecule has 5 heteroatoms. The van der Waals surface area contributed by atoms with Crippen LogP contribution in [0.1, 0.15) is 51.5 Å². The van der Waals surface area contributed by atoms with E-state index in [0.29, 0.717) is 12.1 Å². The highest BCUT2D eigenvalue weighted by atomic mass is 16.5. The summed E-state index contributed by atoms with van der Waals surface area (Å²) in [5.41, 5.74) is 0. The molecule has 5 nitrogen and oxygen atoms in total. The molecule has 0 amide bonds. The van der Waals surface area contributed by atoms with Gasteiger partial charge in [-0.1, -0.05) is 0 Å². The zero-order valence-electron chi connectivity index (χ0n) is 10.9. The second-order valence-electron chi connectivity index (χ2n) is 4.97. The molecule has 17 heavy (non-hydrogen) atoms. The number of aromatic nitrogens is 3. The second kappa shape index (κ2) is 5.60. The first-order valence-corrected chi connectivity index (χ1v) is 6.41. The molecule has 0 bridgehead atoms. The van der Waals surface area contributed by atoms with E-state index in [9.17, 15) is 0 Å². The van der Waals surface area contributed by atoms with Crippen molar-refractivity contribution >= 4 is 0 Å². The molecule has 1 saturated heterocycles. The van der Waals surface area contributed by atoms with E-state index in [1.54, 1.807) is 0 Å². The summed E-state index contributed by atoms with van der Waals surface area (Å²) in [5, 5.41) is 11.8. The SMILES string of the molecule is CC(NC1CCOCC1)c1nncn1C(C)C. The van der Waals surface area contributed by atoms with E-state index >= 15 is 0 Å². The van der Waals surface area contributed by atoms with Gasteiger partial charge in [-0.25, -0.2) is 0 Å². The maximum Gasteiger partial charge on any atom is 0.149 e. The minimum absolute atomic E-state index is 0.239. The first-order valence-electron chi connectivity index (χ1n) is 6.41. The Balaban J connectivity index is 1.98. The molecule has 2 heterocycles. The fraction of sp³-hybridized carbons (Fsp3) is 0.833. The highest BCUT2D eigenvalue weighted by Crippen LogP contribution is 2.17. The van der Waals surface area contributed by atoms with Crippen LogP contribution < -0.4 is 5.32 Å². The average Bonchev–Trinajstić information content (AvgIpc) is 2.79. The Labute approximate surface area is 103 Å². The normalized spacial score (nSPS) is 19.8. The summed E-state index contributed by atoms with van der Waals surface area (Å²) < 4.78 is 7.48. The highest BCUT2D eigenvalue weighted by molar-refractivity contribution is 4.96. The third kappa shape index (κ3) is 3.04. The molecular formula is C12H22N4O. The average molecular weight is 238 g/mol. The molecule has 0 aliphatic carbocycles. The summed E-state index contributed by atoms with van der Waals surface area (Å²) in [6, 6.07) is 1.18. The molecule has 1 aliphatic heterocycles. The molecule has 1 aliphatic rings. The summed E-state index contributed by atoms with van der Waals surface area (Å²) in [4.78, 5) is 0. The Morgan fingerprint density at radius 3 is 2.71 bits per heavy atom. The van der Waals surface area contributed by atoms with E-state index in [1.165, 1.54) is 0 Å². The summed E-state index contributed by atoms with van der Waals surface area (Å²) in [6.07, 6.45) is 3.97. The van der Waals surface area contributed by atoms with Crippen LogP contribution in [-0.4, -0.2) is 34.0 Å². The Bertz CT molecular complexity index is 344. The van der Waals surface area contributed by atoms with Crippen molar-refractivity contribution in [2.75, 3.05) is 13.2 Å². The van der Waals surface area contributed by atoms with Crippen molar-refractivity contribution in [2.45, 2.75) is 51.7 Å². The first-order chi connectivity index (χ1) is 8.18. The van der Waals surface area contributed by atoms with Gasteiger partial charge >= 0.3 is 0 Å². The molecule has 0 radical (unpaired) electrons. The number of nitrogens with one attached hydrogen (secondary N) is 1. The van der Waals surface area contributed by atoms with Crippen molar-refractivity contribution in [3.05, 3.63) is 12.2 Å². The molecule has 0 saturated carbocycles. The van der Waals surface area contributed by atoms with Crippen LogP contribution in [0.5, 0.6) is 0 Å². The molecule has 1 fully saturated rings. The lowest BCUT2D eigenvalue weighted by Gasteiger charge is -2.27. The fourth-order valence-corrected chi connectivity index (χ4v) is 2.25. The van der Waals surface area contributed by atoms with Gasteiger partial charge in [0.15, 0.2) is 0 Å². The van der Waals surface area contributed by atoms with E-state index in [4.69, 9.17) is 4.74 Å². The molecule has 1 unspecified atom stereocenters. The van der Waals surface area contributed by atoms with Crippen molar-refractivity contribution in [1.29, 1.82) is 0 Å². The van der Waals surface area contributed by atoms with Gasteiger partial charge < -0.3 is 14.6 Å². The molecule has 1 N–H and O–H groups in total. The van der Waals surface area contributed by atoms with E-state index < -0.39 is 0 Å². The van der Waals surface area contributed by atoms with Crippen LogP contribution >= 0.6 is 0 Å². The number of nitrogens with zero attached hydrogens (tertiary/aromatic N) is 3. The monoisotopic (exact) mass is 238 g/mol. The third-order valence-electron chi connectivity index (χ3n) is 3.25. The molecule has 2 rings (SSSR count). The van der Waals surface area contributed by atoms with Gasteiger partial charge in [0.1, 0.15) is 12.2 Å². The smallest absolute Gasteiger partial charge is 0.149 e. The van der Waals surface area contributed by atoms with E-state index in [0.717, 1.165) is 31.9 Å². The standard InChI is InChI=1S/C12H22N4O/c1-9(2)16-8-13-15-12(16)10(3)14-11-4-6-17-7-5-11/h8-11,14H,4-7H2,1-3H3. The van der Waals surface area contributed by atoms with Crippen molar-refractivity contribution in [1.82, 2.24) is 20.1 Å². The minimum atomic E-state index is 0.239. The summed E-state index contributed by atoms with van der Waals surface area (Å²) in [7, 11) is 0. The second-order valence-corrected chi connectivity index (χ2v) is 4.97. The summed E-state index contributed by atoms with van der Waals surface area (Å²) in [5.74, 6) is 1.02. The Hall–Kier alpha value is -0.940. The van der Waals surface area contributed by atoms with E-state index in [-0.39, 0.29) is 6.04 Å². The molecular weight excluding hydrogens is 216 g/mol. The molecule has 1 aromatic rings. The lowest BCUT2D eigenvalue weighted by molar-refractivity contribution is 0.0750. The lowest BCUT2D eigenvalue weighted by Crippen LogP contribution is -2.37. The lowest BCUT2D eigenvalue weighted by atomic mass is 10.1. The quantitative estimate of drug-likeness (QED) is 0.867. The number of ether oxygens (including phenoxy) is 1. The number of hydrogen-bond acceptors (Lipinski definition) is 4. The van der Waals surface area contributed by atoms with Crippen LogP contribution in [0.15, 0.2) is 6.33 Å². The topological polar surface area (TPSA) is 52.0 Å². The van der Waals surface area contributed by atoms with Crippen LogP contribution in [-0.2, 0) is 4.74 Å². The predicted molar refractivity (Wildman–Crippen MR) is 65.8 cm³/mol. The summed E-state index contributed by atoms with van der Waals surface area (Å²) in [6.45, 7) is 8.17. The Kier molecular flexibility index (Phi) is 4.12. The number of hydrogen-bond donors (Lipinski definition) is 1. The van der Waals surface area contributed by atoms with Crippen molar-refractivity contribution in [2.24, 2.45) is 0 Å². The van der Waals surface area contributed by atoms with E-state index in [2.05, 4.69) is 40.9 Å². The molecule has 0 aromatic carbocycles. The predicted octanol–water partition coefficient (Wildman–Crippen LogP) is 1.69. The van der Waals surface area contributed by atoms with Gasteiger partial charge in [0, 0.05) is 25.3 Å². The van der Waals surface area contributed by atoms with Gasteiger partial charge in [0.2, 0.25) is 0 Å². The fourth-order valence-electron chi connectivity index (χ4n) is 2.25. The highest BCUT2D eigenvalue weighted by Gasteiger charge is 2.20. The van der Waals surface area contributed by atoms with Gasteiger partial charge in [-0.3, -0.25) is 0 Å². The van der Waals surface area contributed by atoms with Crippen LogP contribution in [0.25, 0.3) is 0 Å². The van der Waals surface area contributed by atoms with E-state index in [1.807, 2.05) is 6.33 Å². The van der Waals surface area contributed by atoms with Crippen LogP contribution in [0.4, 0.5) is 0 Å². The molecule has 1 atom stereocenters. The zero-order chi connectivity index (χ0) is 12.3. The largest absolute Gasteiger partial charge is 0.381 e.